The number of amides is 1. The molecule has 1 aromatic carbocycles. The van der Waals surface area contributed by atoms with Gasteiger partial charge in [-0.05, 0) is 57.2 Å². The van der Waals surface area contributed by atoms with Gasteiger partial charge in [-0.25, -0.2) is 8.42 Å². The molecule has 1 fully saturated rings. The highest BCUT2D eigenvalue weighted by Crippen LogP contribution is 2.27. The number of hydrogen-bond donors (Lipinski definition) is 2. The van der Waals surface area contributed by atoms with Gasteiger partial charge in [0.05, 0.1) is 12.9 Å². The molecule has 2 rings (SSSR count). The lowest BCUT2D eigenvalue weighted by molar-refractivity contribution is -0.162. The van der Waals surface area contributed by atoms with E-state index >= 15 is 0 Å². The average Bonchev–Trinajstić information content (AvgIpc) is 2.71. The van der Waals surface area contributed by atoms with E-state index in [9.17, 15) is 18.0 Å². The van der Waals surface area contributed by atoms with Crippen molar-refractivity contribution in [1.29, 1.82) is 0 Å². The molecule has 2 atom stereocenters. The highest BCUT2D eigenvalue weighted by Gasteiger charge is 2.43. The maximum atomic E-state index is 13.0. The van der Waals surface area contributed by atoms with Gasteiger partial charge in [-0.1, -0.05) is 31.4 Å². The van der Waals surface area contributed by atoms with Crippen LogP contribution in [0.1, 0.15) is 58.4 Å². The van der Waals surface area contributed by atoms with E-state index in [1.165, 1.54) is 0 Å². The van der Waals surface area contributed by atoms with Crippen molar-refractivity contribution in [1.82, 2.24) is 5.32 Å². The van der Waals surface area contributed by atoms with Crippen LogP contribution in [0, 0.1) is 11.8 Å². The number of ether oxygens (including phenoxy) is 2. The summed E-state index contributed by atoms with van der Waals surface area (Å²) in [5.74, 6) is -2.82. The fourth-order valence-corrected chi connectivity index (χ4v) is 5.66. The van der Waals surface area contributed by atoms with E-state index in [-0.39, 0.29) is 18.2 Å². The summed E-state index contributed by atoms with van der Waals surface area (Å²) in [5.41, 5.74) is 5.95. The van der Waals surface area contributed by atoms with E-state index in [1.54, 1.807) is 52.1 Å². The summed E-state index contributed by atoms with van der Waals surface area (Å²) in [5, 5.41) is 0.964. The molecule has 0 bridgehead atoms. The van der Waals surface area contributed by atoms with Crippen molar-refractivity contribution in [3.8, 4) is 5.75 Å². The van der Waals surface area contributed by atoms with Crippen LogP contribution in [0.15, 0.2) is 24.3 Å². The third kappa shape index (κ3) is 7.78. The minimum atomic E-state index is -3.90. The Morgan fingerprint density at radius 3 is 2.25 bits per heavy atom. The van der Waals surface area contributed by atoms with E-state index < -0.39 is 38.6 Å². The lowest BCUT2D eigenvalue weighted by Crippen LogP contribution is -2.52. The third-order valence-corrected chi connectivity index (χ3v) is 7.54. The Bertz CT molecular complexity index is 871. The predicted molar refractivity (Wildman–Crippen MR) is 123 cm³/mol. The molecule has 1 aromatic rings. The van der Waals surface area contributed by atoms with Crippen molar-refractivity contribution in [3.63, 3.8) is 0 Å². The number of rotatable bonds is 9. The molecule has 1 aliphatic rings. The van der Waals surface area contributed by atoms with Crippen molar-refractivity contribution in [2.45, 2.75) is 70.4 Å². The van der Waals surface area contributed by atoms with Crippen LogP contribution in [-0.2, 0) is 30.7 Å². The molecule has 1 amide bonds. The second-order valence-corrected chi connectivity index (χ2v) is 11.6. The normalized spacial score (nSPS) is 17.3. The van der Waals surface area contributed by atoms with Gasteiger partial charge in [0, 0.05) is 6.54 Å². The fraction of sp³-hybridized carbons (Fsp3) is 0.652. The zero-order valence-corrected chi connectivity index (χ0v) is 20.2. The summed E-state index contributed by atoms with van der Waals surface area (Å²) in [6, 6.07) is 7.02. The van der Waals surface area contributed by atoms with Crippen LogP contribution < -0.4 is 15.8 Å². The predicted octanol–water partition coefficient (Wildman–Crippen LogP) is 2.55. The van der Waals surface area contributed by atoms with Crippen LogP contribution in [0.2, 0.25) is 0 Å². The maximum Gasteiger partial charge on any atom is 0.321 e. The van der Waals surface area contributed by atoms with E-state index in [4.69, 9.17) is 15.2 Å². The Morgan fingerprint density at radius 1 is 1.12 bits per heavy atom. The summed E-state index contributed by atoms with van der Waals surface area (Å²) < 4.78 is 36.5. The molecule has 0 aromatic heterocycles. The molecular weight excluding hydrogens is 432 g/mol. The van der Waals surface area contributed by atoms with Crippen LogP contribution in [0.3, 0.4) is 0 Å². The number of hydrogen-bond acceptors (Lipinski definition) is 7. The first-order valence-corrected chi connectivity index (χ1v) is 12.7. The smallest absolute Gasteiger partial charge is 0.321 e. The van der Waals surface area contributed by atoms with Crippen LogP contribution in [0.25, 0.3) is 0 Å². The quantitative estimate of drug-likeness (QED) is 0.421. The van der Waals surface area contributed by atoms with Gasteiger partial charge in [-0.15, -0.1) is 0 Å². The van der Waals surface area contributed by atoms with Gasteiger partial charge < -0.3 is 20.5 Å². The first-order chi connectivity index (χ1) is 14.9. The fourth-order valence-electron chi connectivity index (χ4n) is 3.80. The summed E-state index contributed by atoms with van der Waals surface area (Å²) in [6.07, 6.45) is 4.68. The highest BCUT2D eigenvalue weighted by molar-refractivity contribution is 7.92. The molecule has 180 valence electrons. The number of methoxy groups -OCH3 is 1. The Hall–Kier alpha value is -2.13. The first kappa shape index (κ1) is 26.1. The molecule has 8 nitrogen and oxygen atoms in total. The number of carbonyl (C=O) groups is 2. The van der Waals surface area contributed by atoms with Gasteiger partial charge in [0.1, 0.15) is 16.7 Å². The Labute approximate surface area is 191 Å². The van der Waals surface area contributed by atoms with E-state index in [0.29, 0.717) is 5.75 Å². The number of nitrogens with two attached hydrogens (primary N) is 1. The van der Waals surface area contributed by atoms with Gasteiger partial charge in [-0.3, -0.25) is 9.59 Å². The topological polar surface area (TPSA) is 125 Å². The summed E-state index contributed by atoms with van der Waals surface area (Å²) >= 11 is 0. The molecule has 0 heterocycles. The summed E-state index contributed by atoms with van der Waals surface area (Å²) in [6.45, 7) is 5.06. The van der Waals surface area contributed by atoms with Crippen LogP contribution in [0.5, 0.6) is 5.75 Å². The zero-order chi connectivity index (χ0) is 23.9. The minimum Gasteiger partial charge on any atom is -0.497 e. The van der Waals surface area contributed by atoms with Crippen molar-refractivity contribution in [2.75, 3.05) is 12.9 Å². The molecule has 0 spiro atoms. The monoisotopic (exact) mass is 468 g/mol. The molecule has 9 heteroatoms. The molecular formula is C23H36N2O6S. The molecule has 1 saturated carbocycles. The van der Waals surface area contributed by atoms with Crippen molar-refractivity contribution < 1.29 is 27.5 Å². The zero-order valence-electron chi connectivity index (χ0n) is 19.4. The molecule has 0 radical (unpaired) electrons. The SMILES string of the molecule is COc1ccc(CNC(=O)[C@H](C(=O)OC(C)(C)C)C(N)S(=O)(=O)CC2CCCCC2)cc1. The Kier molecular flexibility index (Phi) is 9.09. The standard InChI is InChI=1S/C23H36N2O6S/c1-23(2,3)31-22(27)19(20(24)32(28,29)15-17-8-6-5-7-9-17)21(26)25-14-16-10-12-18(30-4)13-11-16/h10-13,17,19-20H,5-9,14-15,24H2,1-4H3,(H,25,26)/t19-,20?/m1/s1. The van der Waals surface area contributed by atoms with Gasteiger partial charge in [0.2, 0.25) is 5.91 Å². The average molecular weight is 469 g/mol. The van der Waals surface area contributed by atoms with Crippen molar-refractivity contribution >= 4 is 21.7 Å². The highest BCUT2D eigenvalue weighted by atomic mass is 32.2. The lowest BCUT2D eigenvalue weighted by atomic mass is 9.91. The number of benzene rings is 1. The van der Waals surface area contributed by atoms with Crippen molar-refractivity contribution in [3.05, 3.63) is 29.8 Å². The summed E-state index contributed by atoms with van der Waals surface area (Å²) in [4.78, 5) is 25.8. The van der Waals surface area contributed by atoms with E-state index in [0.717, 1.165) is 37.7 Å². The Morgan fingerprint density at radius 2 is 1.72 bits per heavy atom. The van der Waals surface area contributed by atoms with Gasteiger partial charge in [0.25, 0.3) is 0 Å². The molecule has 1 unspecified atom stereocenters. The van der Waals surface area contributed by atoms with Gasteiger partial charge in [0.15, 0.2) is 15.8 Å². The third-order valence-electron chi connectivity index (χ3n) is 5.50. The Balaban J connectivity index is 2.17. The van der Waals surface area contributed by atoms with Crippen LogP contribution >= 0.6 is 0 Å². The number of nitrogens with one attached hydrogen (secondary N) is 1. The van der Waals surface area contributed by atoms with Crippen LogP contribution in [-0.4, -0.2) is 44.1 Å². The largest absolute Gasteiger partial charge is 0.497 e. The lowest BCUT2D eigenvalue weighted by Gasteiger charge is -2.28. The number of esters is 1. The second-order valence-electron chi connectivity index (χ2n) is 9.38. The maximum absolute atomic E-state index is 13.0. The first-order valence-electron chi connectivity index (χ1n) is 11.0. The number of carbonyl (C=O) groups excluding carboxylic acids is 2. The van der Waals surface area contributed by atoms with Crippen LogP contribution in [0.4, 0.5) is 0 Å². The second kappa shape index (κ2) is 11.1. The minimum absolute atomic E-state index is 0.00134. The van der Waals surface area contributed by atoms with Gasteiger partial charge >= 0.3 is 5.97 Å². The molecule has 32 heavy (non-hydrogen) atoms. The van der Waals surface area contributed by atoms with E-state index in [1.807, 2.05) is 0 Å². The van der Waals surface area contributed by atoms with E-state index in [2.05, 4.69) is 5.32 Å². The van der Waals surface area contributed by atoms with Crippen molar-refractivity contribution in [2.24, 2.45) is 17.6 Å². The summed E-state index contributed by atoms with van der Waals surface area (Å²) in [7, 11) is -2.34. The molecule has 1 aliphatic carbocycles. The molecule has 0 aliphatic heterocycles. The van der Waals surface area contributed by atoms with Gasteiger partial charge in [-0.2, -0.15) is 0 Å². The molecule has 3 N–H and O–H groups in total. The molecule has 0 saturated heterocycles. The number of sulfone groups is 1.